The first-order valence-corrected chi connectivity index (χ1v) is 6.86. The summed E-state index contributed by atoms with van der Waals surface area (Å²) < 4.78 is 1.14. The van der Waals surface area contributed by atoms with Crippen LogP contribution in [0.5, 0.6) is 5.75 Å². The molecule has 1 amide bonds. The van der Waals surface area contributed by atoms with Gasteiger partial charge in [-0.2, -0.15) is 0 Å². The molecule has 2 heterocycles. The molecule has 0 unspecified atom stereocenters. The Bertz CT molecular complexity index is 688. The molecule has 0 aliphatic heterocycles. The predicted molar refractivity (Wildman–Crippen MR) is 74.0 cm³/mol. The smallest absolute Gasteiger partial charge is 0.322 e. The lowest BCUT2D eigenvalue weighted by atomic mass is 10.2. The van der Waals surface area contributed by atoms with E-state index in [1.54, 1.807) is 6.07 Å². The number of carboxylic acids is 1. The fourth-order valence-electron chi connectivity index (χ4n) is 1.41. The van der Waals surface area contributed by atoms with Crippen molar-refractivity contribution in [1.82, 2.24) is 10.3 Å². The van der Waals surface area contributed by atoms with Crippen molar-refractivity contribution in [2.24, 2.45) is 0 Å². The first-order chi connectivity index (χ1) is 8.90. The van der Waals surface area contributed by atoms with E-state index >= 15 is 0 Å². The summed E-state index contributed by atoms with van der Waals surface area (Å²) >= 11 is 10.4. The highest BCUT2D eigenvalue weighted by molar-refractivity contribution is 9.11. The number of rotatable bonds is 3. The van der Waals surface area contributed by atoms with E-state index in [1.807, 2.05) is 0 Å². The summed E-state index contributed by atoms with van der Waals surface area (Å²) in [6.45, 7) is -0.566. The van der Waals surface area contributed by atoms with Crippen LogP contribution in [-0.2, 0) is 4.79 Å². The quantitative estimate of drug-likeness (QED) is 0.724. The fourth-order valence-corrected chi connectivity index (χ4v) is 3.24. The Labute approximate surface area is 124 Å². The number of carboxylic acid groups (broad SMARTS) is 1. The third-order valence-electron chi connectivity index (χ3n) is 2.19. The number of hydrogen-bond acceptors (Lipinski definition) is 5. The van der Waals surface area contributed by atoms with Gasteiger partial charge in [-0.1, -0.05) is 11.6 Å². The highest BCUT2D eigenvalue weighted by Gasteiger charge is 2.20. The number of fused-ring (bicyclic) bond motifs is 1. The van der Waals surface area contributed by atoms with E-state index in [0.717, 1.165) is 3.79 Å². The van der Waals surface area contributed by atoms with Crippen molar-refractivity contribution in [2.75, 3.05) is 6.54 Å². The standard InChI is InChI=1S/C10H6BrClN2O4S/c11-4-1-3-8(19-4)7(17)6(14-9(3)12)10(18)13-2-5(15)16/h1,17H,2H2,(H,13,18)(H,15,16). The monoisotopic (exact) mass is 364 g/mol. The zero-order valence-corrected chi connectivity index (χ0v) is 12.3. The molecule has 2 aromatic heterocycles. The summed E-state index contributed by atoms with van der Waals surface area (Å²) in [5.74, 6) is -2.31. The number of aliphatic carboxylic acids is 1. The molecule has 9 heteroatoms. The van der Waals surface area contributed by atoms with Crippen LogP contribution in [0.25, 0.3) is 10.1 Å². The Morgan fingerprint density at radius 2 is 2.21 bits per heavy atom. The number of carbonyl (C=O) groups is 2. The van der Waals surface area contributed by atoms with Crippen LogP contribution in [0.1, 0.15) is 10.5 Å². The maximum absolute atomic E-state index is 11.7. The van der Waals surface area contributed by atoms with Gasteiger partial charge >= 0.3 is 5.97 Å². The number of pyridine rings is 1. The fraction of sp³-hybridized carbons (Fsp3) is 0.100. The molecule has 0 fully saturated rings. The lowest BCUT2D eigenvalue weighted by molar-refractivity contribution is -0.135. The molecule has 19 heavy (non-hydrogen) atoms. The SMILES string of the molecule is O=C(O)CNC(=O)c1nc(Cl)c2cc(Br)sc2c1O. The van der Waals surface area contributed by atoms with Crippen LogP contribution in [0.4, 0.5) is 0 Å². The van der Waals surface area contributed by atoms with Gasteiger partial charge in [0.25, 0.3) is 5.91 Å². The highest BCUT2D eigenvalue weighted by Crippen LogP contribution is 2.40. The Morgan fingerprint density at radius 3 is 2.84 bits per heavy atom. The summed E-state index contributed by atoms with van der Waals surface area (Å²) in [6.07, 6.45) is 0. The molecule has 0 saturated carbocycles. The number of aromatic nitrogens is 1. The third kappa shape index (κ3) is 2.80. The molecule has 100 valence electrons. The van der Waals surface area contributed by atoms with Crippen molar-refractivity contribution < 1.29 is 19.8 Å². The van der Waals surface area contributed by atoms with Gasteiger partial charge in [0.05, 0.1) is 8.49 Å². The second kappa shape index (κ2) is 5.32. The van der Waals surface area contributed by atoms with Gasteiger partial charge in [0, 0.05) is 5.39 Å². The second-order valence-electron chi connectivity index (χ2n) is 3.47. The van der Waals surface area contributed by atoms with E-state index in [-0.39, 0.29) is 16.6 Å². The minimum Gasteiger partial charge on any atom is -0.504 e. The van der Waals surface area contributed by atoms with Crippen LogP contribution >= 0.6 is 38.9 Å². The van der Waals surface area contributed by atoms with E-state index in [9.17, 15) is 14.7 Å². The topological polar surface area (TPSA) is 99.5 Å². The number of thiophene rings is 1. The minimum atomic E-state index is -1.20. The average molecular weight is 366 g/mol. The van der Waals surface area contributed by atoms with E-state index in [0.29, 0.717) is 10.1 Å². The Hall–Kier alpha value is -1.38. The minimum absolute atomic E-state index is 0.0650. The van der Waals surface area contributed by atoms with Crippen LogP contribution in [0.15, 0.2) is 9.85 Å². The maximum atomic E-state index is 11.7. The molecule has 0 saturated heterocycles. The number of carbonyl (C=O) groups excluding carboxylic acids is 1. The molecule has 2 rings (SSSR count). The normalized spacial score (nSPS) is 10.6. The molecule has 0 radical (unpaired) electrons. The maximum Gasteiger partial charge on any atom is 0.322 e. The van der Waals surface area contributed by atoms with Crippen molar-refractivity contribution in [3.63, 3.8) is 0 Å². The van der Waals surface area contributed by atoms with Gasteiger partial charge in [-0.25, -0.2) is 4.98 Å². The first-order valence-electron chi connectivity index (χ1n) is 4.87. The number of nitrogens with zero attached hydrogens (tertiary/aromatic N) is 1. The zero-order chi connectivity index (χ0) is 14.2. The second-order valence-corrected chi connectivity index (χ2v) is 6.26. The molecule has 0 aliphatic carbocycles. The molecule has 0 bridgehead atoms. The Morgan fingerprint density at radius 1 is 1.53 bits per heavy atom. The van der Waals surface area contributed by atoms with Gasteiger partial charge < -0.3 is 15.5 Å². The molecular formula is C10H6BrClN2O4S. The lowest BCUT2D eigenvalue weighted by Gasteiger charge is -2.05. The number of nitrogens with one attached hydrogen (secondary N) is 1. The van der Waals surface area contributed by atoms with Gasteiger partial charge in [0.1, 0.15) is 11.7 Å². The van der Waals surface area contributed by atoms with Gasteiger partial charge in [-0.15, -0.1) is 11.3 Å². The summed E-state index contributed by atoms with van der Waals surface area (Å²) in [6, 6.07) is 1.67. The van der Waals surface area contributed by atoms with Crippen molar-refractivity contribution >= 4 is 60.8 Å². The third-order valence-corrected chi connectivity index (χ3v) is 4.12. The summed E-state index contributed by atoms with van der Waals surface area (Å²) in [4.78, 5) is 25.9. The molecule has 3 N–H and O–H groups in total. The van der Waals surface area contributed by atoms with Gasteiger partial charge in [0.15, 0.2) is 11.4 Å². The van der Waals surface area contributed by atoms with Crippen molar-refractivity contribution in [3.8, 4) is 5.75 Å². The molecule has 0 aliphatic rings. The Balaban J connectivity index is 2.46. The summed E-state index contributed by atoms with van der Waals surface area (Å²) in [5, 5.41) is 21.2. The van der Waals surface area contributed by atoms with Crippen molar-refractivity contribution in [2.45, 2.75) is 0 Å². The predicted octanol–water partition coefficient (Wildman–Crippen LogP) is 2.23. The van der Waals surface area contributed by atoms with Gasteiger partial charge in [-0.05, 0) is 22.0 Å². The van der Waals surface area contributed by atoms with Crippen molar-refractivity contribution in [1.29, 1.82) is 0 Å². The summed E-state index contributed by atoms with van der Waals surface area (Å²) in [7, 11) is 0. The molecule has 0 atom stereocenters. The number of amides is 1. The van der Waals surface area contributed by atoms with Crippen LogP contribution < -0.4 is 5.32 Å². The molecule has 0 spiro atoms. The number of aromatic hydroxyl groups is 1. The summed E-state index contributed by atoms with van der Waals surface area (Å²) in [5.41, 5.74) is -0.298. The van der Waals surface area contributed by atoms with E-state index in [4.69, 9.17) is 16.7 Å². The Kier molecular flexibility index (Phi) is 3.93. The number of halogens is 2. The molecule has 2 aromatic rings. The van der Waals surface area contributed by atoms with E-state index in [1.165, 1.54) is 11.3 Å². The van der Waals surface area contributed by atoms with Crippen molar-refractivity contribution in [3.05, 3.63) is 20.7 Å². The number of hydrogen-bond donors (Lipinski definition) is 3. The molecular weight excluding hydrogens is 360 g/mol. The zero-order valence-electron chi connectivity index (χ0n) is 9.11. The van der Waals surface area contributed by atoms with Crippen LogP contribution in [0, 0.1) is 0 Å². The average Bonchev–Trinajstić information content (AvgIpc) is 2.73. The molecule has 6 nitrogen and oxygen atoms in total. The largest absolute Gasteiger partial charge is 0.504 e. The van der Waals surface area contributed by atoms with Crippen LogP contribution in [0.3, 0.4) is 0 Å². The van der Waals surface area contributed by atoms with Gasteiger partial charge in [0.2, 0.25) is 0 Å². The molecule has 0 aromatic carbocycles. The highest BCUT2D eigenvalue weighted by atomic mass is 79.9. The van der Waals surface area contributed by atoms with Crippen LogP contribution in [0.2, 0.25) is 5.15 Å². The van der Waals surface area contributed by atoms with E-state index < -0.39 is 18.4 Å². The first kappa shape index (κ1) is 14.0. The lowest BCUT2D eigenvalue weighted by Crippen LogP contribution is -2.29. The van der Waals surface area contributed by atoms with Crippen LogP contribution in [-0.4, -0.2) is 33.6 Å². The van der Waals surface area contributed by atoms with E-state index in [2.05, 4.69) is 26.2 Å². The van der Waals surface area contributed by atoms with Gasteiger partial charge in [-0.3, -0.25) is 9.59 Å².